The molecule has 11 nitrogen and oxygen atoms in total. The fraction of sp³-hybridized carbons (Fsp3) is 0.443. The molecule has 470 valence electrons. The summed E-state index contributed by atoms with van der Waals surface area (Å²) in [6.45, 7) is 28.5. The summed E-state index contributed by atoms with van der Waals surface area (Å²) in [5, 5.41) is 38.3. The molecule has 15 rings (SSSR count). The highest BCUT2D eigenvalue weighted by atomic mass is 16.5. The standard InChI is InChI=1S/C41H48N2O4.C38H43NO4/c1-39(2)24-40(3,4)26-41(25-39)33-9-7-6-8-29(33)38-32-22-35(43-14-18-47-19-15-43)30(21-31(32)36(44)23-34(38)41)28-11-10-27(20-37(28)45-5)42-12-16-46-17-13-42;1-36(2)21-37(3,4)23-38(22-36)31-9-7-6-8-27(31)35-30-16-24(20-40)28(18-29(30)33(41)19-32(35)38)26-11-10-25(17-34(26)42-5)39-12-14-43-15-13-39/h6-11,20-23,44H,12-19,24-26H2,1-5H3;6-11,16-19,40-41H,12-15,20-23H2,1-5H3. The van der Waals surface area contributed by atoms with Crippen LogP contribution in [0.5, 0.6) is 23.0 Å². The second-order valence-corrected chi connectivity index (χ2v) is 30.3. The van der Waals surface area contributed by atoms with Gasteiger partial charge in [0.25, 0.3) is 0 Å². The van der Waals surface area contributed by atoms with Gasteiger partial charge in [0.05, 0.1) is 60.5 Å². The number of hydrogen-bond donors (Lipinski definition) is 3. The number of methoxy groups -OCH3 is 2. The van der Waals surface area contributed by atoms with E-state index < -0.39 is 0 Å². The number of rotatable bonds is 8. The van der Waals surface area contributed by atoms with E-state index in [1.165, 1.54) is 57.3 Å². The van der Waals surface area contributed by atoms with Crippen molar-refractivity contribution in [1.82, 2.24) is 0 Å². The molecule has 3 heterocycles. The molecule has 0 amide bonds. The second-order valence-electron chi connectivity index (χ2n) is 30.3. The van der Waals surface area contributed by atoms with Crippen molar-refractivity contribution in [2.75, 3.05) is 108 Å². The molecule has 11 heteroatoms. The van der Waals surface area contributed by atoms with Crippen LogP contribution in [0.4, 0.5) is 17.1 Å². The number of aliphatic hydroxyl groups is 1. The number of phenols is 2. The summed E-state index contributed by atoms with van der Waals surface area (Å²) in [6, 6.07) is 43.6. The van der Waals surface area contributed by atoms with Gasteiger partial charge in [0.1, 0.15) is 23.0 Å². The average molecular weight is 1210 g/mol. The highest BCUT2D eigenvalue weighted by molar-refractivity contribution is 6.10. The van der Waals surface area contributed by atoms with E-state index in [0.29, 0.717) is 32.2 Å². The van der Waals surface area contributed by atoms with E-state index in [1.807, 2.05) is 6.07 Å². The van der Waals surface area contributed by atoms with Crippen LogP contribution in [0, 0.1) is 21.7 Å². The Bertz CT molecular complexity index is 4070. The number of benzene rings is 8. The van der Waals surface area contributed by atoms with E-state index in [4.69, 9.17) is 23.7 Å². The van der Waals surface area contributed by atoms with Crippen molar-refractivity contribution < 1.29 is 39.0 Å². The van der Waals surface area contributed by atoms with Gasteiger partial charge in [-0.1, -0.05) is 104 Å². The van der Waals surface area contributed by atoms with Crippen molar-refractivity contribution >= 4 is 38.6 Å². The van der Waals surface area contributed by atoms with Gasteiger partial charge in [-0.05, 0) is 187 Å². The Morgan fingerprint density at radius 3 is 1.20 bits per heavy atom. The number of fused-ring (bicyclic) bond motifs is 14. The molecule has 8 aromatic carbocycles. The van der Waals surface area contributed by atoms with Gasteiger partial charge in [-0.25, -0.2) is 0 Å². The van der Waals surface area contributed by atoms with E-state index in [2.05, 4.69) is 185 Å². The summed E-state index contributed by atoms with van der Waals surface area (Å²) in [4.78, 5) is 7.11. The third-order valence-electron chi connectivity index (χ3n) is 21.3. The van der Waals surface area contributed by atoms with Crippen LogP contribution in [0.2, 0.25) is 0 Å². The Morgan fingerprint density at radius 1 is 0.389 bits per heavy atom. The first-order valence-electron chi connectivity index (χ1n) is 33.0. The van der Waals surface area contributed by atoms with Crippen molar-refractivity contribution in [3.63, 3.8) is 0 Å². The Morgan fingerprint density at radius 2 is 0.778 bits per heavy atom. The van der Waals surface area contributed by atoms with Gasteiger partial charge in [0.15, 0.2) is 0 Å². The van der Waals surface area contributed by atoms with Crippen LogP contribution >= 0.6 is 0 Å². The van der Waals surface area contributed by atoms with E-state index in [9.17, 15) is 15.3 Å². The molecule has 0 atom stereocenters. The molecule has 90 heavy (non-hydrogen) atoms. The summed E-state index contributed by atoms with van der Waals surface area (Å²) in [7, 11) is 3.45. The van der Waals surface area contributed by atoms with Crippen LogP contribution in [0.3, 0.4) is 0 Å². The zero-order valence-electron chi connectivity index (χ0n) is 54.7. The van der Waals surface area contributed by atoms with E-state index in [-0.39, 0.29) is 44.8 Å². The molecule has 3 saturated heterocycles. The zero-order valence-corrected chi connectivity index (χ0v) is 54.7. The quantitative estimate of drug-likeness (QED) is 0.135. The van der Waals surface area contributed by atoms with E-state index in [1.54, 1.807) is 14.2 Å². The van der Waals surface area contributed by atoms with Crippen molar-refractivity contribution in [1.29, 1.82) is 0 Å². The molecule has 4 aliphatic carbocycles. The molecule has 7 aliphatic rings. The van der Waals surface area contributed by atoms with Crippen molar-refractivity contribution in [3.8, 4) is 67.5 Å². The molecule has 2 saturated carbocycles. The Balaban J connectivity index is 0.000000158. The van der Waals surface area contributed by atoms with Crippen LogP contribution in [-0.2, 0) is 31.6 Å². The fourth-order valence-electron chi connectivity index (χ4n) is 19.3. The lowest BCUT2D eigenvalue weighted by Gasteiger charge is -2.51. The number of nitrogens with zero attached hydrogens (tertiary/aromatic N) is 3. The largest absolute Gasteiger partial charge is 0.507 e. The Labute approximate surface area is 532 Å². The van der Waals surface area contributed by atoms with Crippen LogP contribution in [0.1, 0.15) is 122 Å². The van der Waals surface area contributed by atoms with Crippen LogP contribution in [0.15, 0.2) is 121 Å². The summed E-state index contributed by atoms with van der Waals surface area (Å²) in [6.07, 6.45) is 6.57. The monoisotopic (exact) mass is 1210 g/mol. The topological polar surface area (TPSA) is 117 Å². The molecular formula is C79H91N3O8. The first-order valence-corrected chi connectivity index (χ1v) is 33.0. The second kappa shape index (κ2) is 22.5. The van der Waals surface area contributed by atoms with Crippen molar-refractivity contribution in [2.45, 2.75) is 111 Å². The number of morpholine rings is 3. The molecule has 0 aromatic heterocycles. The van der Waals surface area contributed by atoms with Gasteiger partial charge < -0.3 is 53.7 Å². The normalized spacial score (nSPS) is 20.5. The molecule has 0 radical (unpaired) electrons. The number of phenolic OH excluding ortho intramolecular Hbond substituents is 2. The summed E-state index contributed by atoms with van der Waals surface area (Å²) < 4.78 is 28.9. The lowest BCUT2D eigenvalue weighted by atomic mass is 9.52. The van der Waals surface area contributed by atoms with Gasteiger partial charge in [-0.15, -0.1) is 0 Å². The van der Waals surface area contributed by atoms with Gasteiger partial charge >= 0.3 is 0 Å². The SMILES string of the molecule is COc1cc(N2CCOCC2)ccc1-c1cc2c(O)cc3c(c2cc1CO)-c1ccccc1C31CC(C)(C)CC(C)(C)C1.COc1cc(N2CCOCC2)ccc1-c1cc2c(O)cc3c(c2cc1N1CCOCC1)-c1ccccc1C31CC(C)(C)CC(C)(C)C1. The number of aliphatic hydroxyl groups excluding tert-OH is 1. The highest BCUT2D eigenvalue weighted by Crippen LogP contribution is 2.67. The maximum absolute atomic E-state index is 12.0. The minimum absolute atomic E-state index is 0.114. The Kier molecular flexibility index (Phi) is 15.1. The molecule has 2 spiro atoms. The third-order valence-corrected chi connectivity index (χ3v) is 21.3. The summed E-state index contributed by atoms with van der Waals surface area (Å²) in [5.41, 5.74) is 18.8. The zero-order chi connectivity index (χ0) is 62.7. The van der Waals surface area contributed by atoms with Crippen molar-refractivity contribution in [2.24, 2.45) is 21.7 Å². The lowest BCUT2D eigenvalue weighted by Crippen LogP contribution is -2.43. The van der Waals surface area contributed by atoms with Gasteiger partial charge in [-0.3, -0.25) is 0 Å². The average Bonchev–Trinajstić information content (AvgIpc) is 1.52. The molecule has 3 N–H and O–H groups in total. The van der Waals surface area contributed by atoms with Crippen LogP contribution in [0.25, 0.3) is 66.1 Å². The van der Waals surface area contributed by atoms with Crippen molar-refractivity contribution in [3.05, 3.63) is 149 Å². The maximum Gasteiger partial charge on any atom is 0.128 e. The van der Waals surface area contributed by atoms with Gasteiger partial charge in [0.2, 0.25) is 0 Å². The minimum Gasteiger partial charge on any atom is -0.507 e. The Hall–Kier alpha value is -7.28. The van der Waals surface area contributed by atoms with Crippen LogP contribution < -0.4 is 24.2 Å². The fourth-order valence-corrected chi connectivity index (χ4v) is 19.3. The summed E-state index contributed by atoms with van der Waals surface area (Å²) in [5.74, 6) is 2.22. The van der Waals surface area contributed by atoms with E-state index >= 15 is 0 Å². The summed E-state index contributed by atoms with van der Waals surface area (Å²) >= 11 is 0. The highest BCUT2D eigenvalue weighted by Gasteiger charge is 2.55. The predicted molar refractivity (Wildman–Crippen MR) is 365 cm³/mol. The van der Waals surface area contributed by atoms with Gasteiger partial charge in [0, 0.05) is 107 Å². The number of hydrogen-bond acceptors (Lipinski definition) is 11. The molecule has 5 fully saturated rings. The molecule has 0 unspecified atom stereocenters. The third kappa shape index (κ3) is 10.3. The minimum atomic E-state index is -0.167. The molecule has 3 aliphatic heterocycles. The van der Waals surface area contributed by atoms with E-state index in [0.717, 1.165) is 156 Å². The first kappa shape index (κ1) is 60.3. The lowest BCUT2D eigenvalue weighted by molar-refractivity contribution is 0.0641. The predicted octanol–water partition coefficient (Wildman–Crippen LogP) is 16.4. The smallest absolute Gasteiger partial charge is 0.128 e. The molecular weight excluding hydrogens is 1120 g/mol. The molecule has 8 aromatic rings. The molecule has 0 bridgehead atoms. The van der Waals surface area contributed by atoms with Crippen LogP contribution in [-0.4, -0.2) is 108 Å². The number of anilines is 3. The van der Waals surface area contributed by atoms with Gasteiger partial charge in [-0.2, -0.15) is 0 Å². The number of aromatic hydroxyl groups is 2. The number of ether oxygens (including phenoxy) is 5. The first-order chi connectivity index (χ1) is 43.1. The maximum atomic E-state index is 12.0.